The molecule has 0 bridgehead atoms. The van der Waals surface area contributed by atoms with Crippen molar-refractivity contribution in [2.24, 2.45) is 5.41 Å². The minimum atomic E-state index is -0.981. The van der Waals surface area contributed by atoms with E-state index in [0.29, 0.717) is 0 Å². The van der Waals surface area contributed by atoms with Gasteiger partial charge in [0.15, 0.2) is 0 Å². The number of aliphatic hydroxyl groups excluding tert-OH is 2. The van der Waals surface area contributed by atoms with E-state index in [-0.39, 0.29) is 18.6 Å². The summed E-state index contributed by atoms with van der Waals surface area (Å²) in [5.41, 5.74) is -0.111. The van der Waals surface area contributed by atoms with E-state index in [1.54, 1.807) is 0 Å². The SMILES string of the molecule is C=CC(=O)O.C=CC(=O)O.OCC1(CO)CCCC1. The average Bonchev–Trinajstić information content (AvgIpc) is 2.89. The molecular weight excluding hydrogens is 252 g/mol. The van der Waals surface area contributed by atoms with Gasteiger partial charge in [0.25, 0.3) is 0 Å². The Balaban J connectivity index is 0. The van der Waals surface area contributed by atoms with Crippen molar-refractivity contribution in [1.29, 1.82) is 0 Å². The van der Waals surface area contributed by atoms with Crippen molar-refractivity contribution in [3.8, 4) is 0 Å². The minimum Gasteiger partial charge on any atom is -0.478 e. The lowest BCUT2D eigenvalue weighted by molar-refractivity contribution is -0.132. The molecule has 0 radical (unpaired) electrons. The van der Waals surface area contributed by atoms with Crippen molar-refractivity contribution in [2.45, 2.75) is 25.7 Å². The van der Waals surface area contributed by atoms with Gasteiger partial charge in [0, 0.05) is 17.6 Å². The van der Waals surface area contributed by atoms with E-state index in [1.807, 2.05) is 0 Å². The smallest absolute Gasteiger partial charge is 0.327 e. The maximum absolute atomic E-state index is 9.25. The highest BCUT2D eigenvalue weighted by atomic mass is 16.4. The van der Waals surface area contributed by atoms with Crippen molar-refractivity contribution in [1.82, 2.24) is 0 Å². The molecule has 6 nitrogen and oxygen atoms in total. The third kappa shape index (κ3) is 11.2. The Morgan fingerprint density at radius 2 is 1.21 bits per heavy atom. The van der Waals surface area contributed by atoms with Crippen LogP contribution in [0.4, 0.5) is 0 Å². The number of carbonyl (C=O) groups is 2. The van der Waals surface area contributed by atoms with Crippen LogP contribution in [0.15, 0.2) is 25.3 Å². The van der Waals surface area contributed by atoms with Crippen molar-refractivity contribution in [3.63, 3.8) is 0 Å². The van der Waals surface area contributed by atoms with E-state index < -0.39 is 11.9 Å². The van der Waals surface area contributed by atoms with Gasteiger partial charge >= 0.3 is 11.9 Å². The fourth-order valence-electron chi connectivity index (χ4n) is 1.49. The molecule has 0 aromatic heterocycles. The number of hydrogen-bond acceptors (Lipinski definition) is 4. The summed E-state index contributed by atoms with van der Waals surface area (Å²) in [6, 6.07) is 0. The Morgan fingerprint density at radius 1 is 0.947 bits per heavy atom. The number of aliphatic hydroxyl groups is 2. The van der Waals surface area contributed by atoms with Crippen molar-refractivity contribution in [3.05, 3.63) is 25.3 Å². The summed E-state index contributed by atoms with van der Waals surface area (Å²) in [5, 5.41) is 32.9. The molecule has 0 aliphatic heterocycles. The van der Waals surface area contributed by atoms with Gasteiger partial charge in [-0.3, -0.25) is 0 Å². The third-order valence-electron chi connectivity index (χ3n) is 2.68. The van der Waals surface area contributed by atoms with Crippen LogP contribution in [-0.4, -0.2) is 45.6 Å². The zero-order valence-corrected chi connectivity index (χ0v) is 10.9. The van der Waals surface area contributed by atoms with Crippen LogP contribution in [0, 0.1) is 5.41 Å². The lowest BCUT2D eigenvalue weighted by Gasteiger charge is -2.22. The first-order chi connectivity index (χ1) is 8.87. The van der Waals surface area contributed by atoms with Crippen molar-refractivity contribution < 1.29 is 30.0 Å². The Hall–Kier alpha value is -1.66. The second-order valence-electron chi connectivity index (χ2n) is 4.11. The number of aliphatic carboxylic acids is 2. The zero-order valence-electron chi connectivity index (χ0n) is 10.9. The molecule has 4 N–H and O–H groups in total. The van der Waals surface area contributed by atoms with Crippen LogP contribution in [0.1, 0.15) is 25.7 Å². The van der Waals surface area contributed by atoms with Crippen LogP contribution >= 0.6 is 0 Å². The Bertz CT molecular complexity index is 268. The molecule has 110 valence electrons. The molecule has 19 heavy (non-hydrogen) atoms. The van der Waals surface area contributed by atoms with Gasteiger partial charge in [-0.15, -0.1) is 0 Å². The number of carboxylic acids is 2. The van der Waals surface area contributed by atoms with E-state index in [0.717, 1.165) is 25.0 Å². The first-order valence-electron chi connectivity index (χ1n) is 5.80. The third-order valence-corrected chi connectivity index (χ3v) is 2.68. The molecule has 0 atom stereocenters. The second-order valence-corrected chi connectivity index (χ2v) is 4.11. The van der Waals surface area contributed by atoms with Crippen LogP contribution in [0.3, 0.4) is 0 Å². The summed E-state index contributed by atoms with van der Waals surface area (Å²) in [5.74, 6) is -1.96. The summed E-state index contributed by atoms with van der Waals surface area (Å²) in [7, 11) is 0. The van der Waals surface area contributed by atoms with E-state index in [2.05, 4.69) is 13.2 Å². The molecule has 0 spiro atoms. The van der Waals surface area contributed by atoms with Crippen LogP contribution in [0.5, 0.6) is 0 Å². The van der Waals surface area contributed by atoms with Crippen LogP contribution < -0.4 is 0 Å². The van der Waals surface area contributed by atoms with Gasteiger partial charge in [0.05, 0.1) is 13.2 Å². The monoisotopic (exact) mass is 274 g/mol. The Kier molecular flexibility index (Phi) is 11.8. The first kappa shape index (κ1) is 19.7. The summed E-state index contributed by atoms with van der Waals surface area (Å²) >= 11 is 0. The normalized spacial score (nSPS) is 15.1. The quantitative estimate of drug-likeness (QED) is 0.569. The minimum absolute atomic E-state index is 0.111. The predicted molar refractivity (Wildman–Crippen MR) is 70.7 cm³/mol. The molecule has 1 aliphatic carbocycles. The molecule has 1 rings (SSSR count). The van der Waals surface area contributed by atoms with Crippen molar-refractivity contribution in [2.75, 3.05) is 13.2 Å². The standard InChI is InChI=1S/C7H14O2.2C3H4O2/c8-5-7(6-9)3-1-2-4-7;2*1-2-3(4)5/h8-9H,1-6H2;2*2H,1H2,(H,4,5). The maximum Gasteiger partial charge on any atom is 0.327 e. The number of hydrogen-bond donors (Lipinski definition) is 4. The molecule has 0 saturated heterocycles. The molecule has 0 unspecified atom stereocenters. The van der Waals surface area contributed by atoms with E-state index in [4.69, 9.17) is 20.4 Å². The predicted octanol–water partition coefficient (Wildman–Crippen LogP) is 1.05. The molecular formula is C13H22O6. The van der Waals surface area contributed by atoms with Crippen LogP contribution in [-0.2, 0) is 9.59 Å². The largest absolute Gasteiger partial charge is 0.478 e. The molecule has 0 aromatic rings. The molecule has 1 aliphatic rings. The van der Waals surface area contributed by atoms with Crippen LogP contribution in [0.25, 0.3) is 0 Å². The lowest BCUT2D eigenvalue weighted by Crippen LogP contribution is -2.25. The fourth-order valence-corrected chi connectivity index (χ4v) is 1.49. The summed E-state index contributed by atoms with van der Waals surface area (Å²) in [4.78, 5) is 18.5. The average molecular weight is 274 g/mol. The summed E-state index contributed by atoms with van der Waals surface area (Å²) in [6.07, 6.45) is 6.00. The molecule has 0 amide bonds. The van der Waals surface area contributed by atoms with Gasteiger partial charge in [-0.1, -0.05) is 26.0 Å². The molecule has 0 aromatic carbocycles. The highest BCUT2D eigenvalue weighted by Gasteiger charge is 2.31. The van der Waals surface area contributed by atoms with Gasteiger partial charge in [-0.2, -0.15) is 0 Å². The van der Waals surface area contributed by atoms with Gasteiger partial charge < -0.3 is 20.4 Å². The van der Waals surface area contributed by atoms with Crippen molar-refractivity contribution >= 4 is 11.9 Å². The lowest BCUT2D eigenvalue weighted by atomic mass is 9.89. The van der Waals surface area contributed by atoms with Gasteiger partial charge in [0.1, 0.15) is 0 Å². The topological polar surface area (TPSA) is 115 Å². The highest BCUT2D eigenvalue weighted by molar-refractivity contribution is 5.79. The summed E-state index contributed by atoms with van der Waals surface area (Å²) in [6.45, 7) is 6.23. The Labute approximate surface area is 112 Å². The second kappa shape index (κ2) is 11.4. The molecule has 1 saturated carbocycles. The highest BCUT2D eigenvalue weighted by Crippen LogP contribution is 2.36. The van der Waals surface area contributed by atoms with Gasteiger partial charge in [-0.05, 0) is 12.8 Å². The fraction of sp³-hybridized carbons (Fsp3) is 0.538. The van der Waals surface area contributed by atoms with E-state index in [1.165, 1.54) is 12.8 Å². The van der Waals surface area contributed by atoms with Gasteiger partial charge in [0.2, 0.25) is 0 Å². The first-order valence-corrected chi connectivity index (χ1v) is 5.80. The maximum atomic E-state index is 9.25. The number of carboxylic acid groups (broad SMARTS) is 2. The van der Waals surface area contributed by atoms with Gasteiger partial charge in [-0.25, -0.2) is 9.59 Å². The molecule has 1 fully saturated rings. The Morgan fingerprint density at radius 3 is 1.32 bits per heavy atom. The summed E-state index contributed by atoms with van der Waals surface area (Å²) < 4.78 is 0. The molecule has 6 heteroatoms. The van der Waals surface area contributed by atoms with E-state index >= 15 is 0 Å². The molecule has 0 heterocycles. The number of rotatable bonds is 4. The van der Waals surface area contributed by atoms with E-state index in [9.17, 15) is 9.59 Å². The van der Waals surface area contributed by atoms with Crippen LogP contribution in [0.2, 0.25) is 0 Å². The zero-order chi connectivity index (χ0) is 15.3.